The fourth-order valence-corrected chi connectivity index (χ4v) is 5.88. The van der Waals surface area contributed by atoms with Gasteiger partial charge in [0, 0.05) is 31.3 Å². The van der Waals surface area contributed by atoms with Crippen molar-refractivity contribution in [1.29, 1.82) is 0 Å². The summed E-state index contributed by atoms with van der Waals surface area (Å²) >= 11 is 1.48. The number of benzene rings is 1. The van der Waals surface area contributed by atoms with Crippen LogP contribution in [0.15, 0.2) is 29.3 Å². The molecule has 1 atom stereocenters. The van der Waals surface area contributed by atoms with Gasteiger partial charge in [-0.25, -0.2) is 27.1 Å². The molecule has 184 valence electrons. The molecule has 11 heteroatoms. The molecule has 0 bridgehead atoms. The van der Waals surface area contributed by atoms with Gasteiger partial charge in [-0.15, -0.1) is 0 Å². The van der Waals surface area contributed by atoms with Gasteiger partial charge in [0.1, 0.15) is 10.8 Å². The van der Waals surface area contributed by atoms with Crippen molar-refractivity contribution in [2.45, 2.75) is 44.4 Å². The van der Waals surface area contributed by atoms with Crippen molar-refractivity contribution < 1.29 is 22.3 Å². The van der Waals surface area contributed by atoms with Gasteiger partial charge in [-0.2, -0.15) is 5.10 Å². The third kappa shape index (κ3) is 5.41. The lowest BCUT2D eigenvalue weighted by atomic mass is 9.83. The summed E-state index contributed by atoms with van der Waals surface area (Å²) in [4.78, 5) is 18.8. The third-order valence-electron chi connectivity index (χ3n) is 6.41. The number of fused-ring (bicyclic) bond motifs is 1. The molecule has 1 amide bonds. The predicted molar refractivity (Wildman–Crippen MR) is 128 cm³/mol. The van der Waals surface area contributed by atoms with Crippen LogP contribution in [0.4, 0.5) is 9.18 Å². The number of ether oxygens (including phenoxy) is 1. The zero-order valence-corrected chi connectivity index (χ0v) is 21.2. The van der Waals surface area contributed by atoms with Crippen LogP contribution in [-0.4, -0.2) is 60.0 Å². The number of aryl methyl sites for hydroxylation is 1. The third-order valence-corrected chi connectivity index (χ3v) is 8.51. The molecule has 2 aromatic heterocycles. The number of rotatable bonds is 7. The molecule has 0 radical (unpaired) electrons. The molecule has 1 aromatic carbocycles. The normalized spacial score (nSPS) is 16.2. The van der Waals surface area contributed by atoms with Crippen LogP contribution in [0.25, 0.3) is 16.2 Å². The van der Waals surface area contributed by atoms with Crippen molar-refractivity contribution in [3.8, 4) is 11.3 Å². The average molecular weight is 509 g/mol. The Bertz CT molecular complexity index is 1250. The van der Waals surface area contributed by atoms with Crippen molar-refractivity contribution >= 4 is 32.2 Å². The number of carbonyl (C=O) groups is 1. The fraction of sp³-hybridized carbons (Fsp3) is 0.522. The predicted octanol–water partition coefficient (Wildman–Crippen LogP) is 4.44. The Balaban J connectivity index is 1.35. The van der Waals surface area contributed by atoms with E-state index in [0.29, 0.717) is 29.1 Å². The molecular weight excluding hydrogens is 479 g/mol. The number of aromatic nitrogens is 3. The highest BCUT2D eigenvalue weighted by molar-refractivity contribution is 7.90. The standard InChI is InChI=1S/C23H29FN4O4S2/c1-4-32-23(29)27-11-9-16(10-12-27)15(2)5-8-21-26-28-14-20(25-22(28)33-21)18-7-6-17(13-19(18)24)34(3,30)31/h6-7,13-16H,4-5,8-12H2,1-3H3. The largest absolute Gasteiger partial charge is 0.450 e. The Kier molecular flexibility index (Phi) is 7.22. The Labute approximate surface area is 202 Å². The molecule has 8 nitrogen and oxygen atoms in total. The number of sulfone groups is 1. The van der Waals surface area contributed by atoms with Crippen LogP contribution >= 0.6 is 11.3 Å². The molecule has 3 aromatic rings. The Morgan fingerprint density at radius 2 is 2.06 bits per heavy atom. The number of likely N-dealkylation sites (tertiary alicyclic amines) is 1. The number of hydrogen-bond acceptors (Lipinski definition) is 7. The van der Waals surface area contributed by atoms with Gasteiger partial charge in [0.15, 0.2) is 9.84 Å². The van der Waals surface area contributed by atoms with E-state index in [1.54, 1.807) is 15.6 Å². The number of nitrogens with zero attached hydrogens (tertiary/aromatic N) is 4. The maximum atomic E-state index is 14.5. The molecule has 0 aliphatic carbocycles. The van der Waals surface area contributed by atoms with E-state index < -0.39 is 15.7 Å². The smallest absolute Gasteiger partial charge is 0.409 e. The second-order valence-electron chi connectivity index (χ2n) is 8.80. The first-order chi connectivity index (χ1) is 16.2. The maximum Gasteiger partial charge on any atom is 0.409 e. The average Bonchev–Trinajstić information content (AvgIpc) is 3.36. The molecule has 1 aliphatic heterocycles. The van der Waals surface area contributed by atoms with Crippen molar-refractivity contribution in [1.82, 2.24) is 19.5 Å². The maximum absolute atomic E-state index is 14.5. The van der Waals surface area contributed by atoms with E-state index in [2.05, 4.69) is 17.0 Å². The van der Waals surface area contributed by atoms with E-state index in [1.165, 1.54) is 23.5 Å². The van der Waals surface area contributed by atoms with Crippen molar-refractivity contribution in [3.63, 3.8) is 0 Å². The van der Waals surface area contributed by atoms with Gasteiger partial charge >= 0.3 is 6.09 Å². The minimum atomic E-state index is -3.47. The van der Waals surface area contributed by atoms with Gasteiger partial charge in [-0.1, -0.05) is 18.3 Å². The number of hydrogen-bond donors (Lipinski definition) is 0. The molecule has 0 spiro atoms. The molecule has 1 unspecified atom stereocenters. The van der Waals surface area contributed by atoms with Crippen molar-refractivity contribution in [3.05, 3.63) is 35.2 Å². The Morgan fingerprint density at radius 3 is 2.68 bits per heavy atom. The first-order valence-electron chi connectivity index (χ1n) is 11.4. The van der Waals surface area contributed by atoms with E-state index in [9.17, 15) is 17.6 Å². The van der Waals surface area contributed by atoms with Crippen LogP contribution in [0.1, 0.15) is 38.1 Å². The molecule has 0 saturated carbocycles. The molecule has 4 rings (SSSR count). The second-order valence-corrected chi connectivity index (χ2v) is 11.9. The highest BCUT2D eigenvalue weighted by Gasteiger charge is 2.27. The number of imidazole rings is 1. The van der Waals surface area contributed by atoms with Gasteiger partial charge in [0.25, 0.3) is 0 Å². The summed E-state index contributed by atoms with van der Waals surface area (Å²) in [5.41, 5.74) is 0.666. The van der Waals surface area contributed by atoms with Crippen LogP contribution < -0.4 is 0 Å². The van der Waals surface area contributed by atoms with E-state index >= 15 is 0 Å². The molecule has 1 aliphatic rings. The number of piperidine rings is 1. The van der Waals surface area contributed by atoms with Crippen molar-refractivity contribution in [2.24, 2.45) is 11.8 Å². The van der Waals surface area contributed by atoms with E-state index in [4.69, 9.17) is 4.74 Å². The lowest BCUT2D eigenvalue weighted by Gasteiger charge is -2.34. The van der Waals surface area contributed by atoms with Crippen LogP contribution in [0, 0.1) is 17.7 Å². The number of carbonyl (C=O) groups excluding carboxylic acids is 1. The second kappa shape index (κ2) is 9.99. The Morgan fingerprint density at radius 1 is 1.32 bits per heavy atom. The van der Waals surface area contributed by atoms with Crippen LogP contribution in [0.2, 0.25) is 0 Å². The molecular formula is C23H29FN4O4S2. The monoisotopic (exact) mass is 508 g/mol. The summed E-state index contributed by atoms with van der Waals surface area (Å²) in [6.07, 6.45) is 6.29. The fourth-order valence-electron chi connectivity index (χ4n) is 4.36. The van der Waals surface area contributed by atoms with Gasteiger partial charge < -0.3 is 9.64 Å². The minimum absolute atomic E-state index is 0.0594. The van der Waals surface area contributed by atoms with E-state index in [-0.39, 0.29) is 16.6 Å². The highest BCUT2D eigenvalue weighted by Crippen LogP contribution is 2.30. The summed E-state index contributed by atoms with van der Waals surface area (Å²) in [7, 11) is -3.47. The van der Waals surface area contributed by atoms with Gasteiger partial charge in [-0.3, -0.25) is 0 Å². The summed E-state index contributed by atoms with van der Waals surface area (Å²) in [6.45, 7) is 5.95. The lowest BCUT2D eigenvalue weighted by molar-refractivity contribution is 0.0846. The quantitative estimate of drug-likeness (QED) is 0.468. The number of halogens is 1. The highest BCUT2D eigenvalue weighted by atomic mass is 32.2. The van der Waals surface area contributed by atoms with Gasteiger partial charge in [0.05, 0.1) is 23.4 Å². The Hall–Kier alpha value is -2.53. The van der Waals surface area contributed by atoms with Crippen LogP contribution in [0.5, 0.6) is 0 Å². The van der Waals surface area contributed by atoms with Gasteiger partial charge in [-0.05, 0) is 56.2 Å². The molecule has 34 heavy (non-hydrogen) atoms. The van der Waals surface area contributed by atoms with E-state index in [1.807, 2.05) is 6.92 Å². The SMILES string of the molecule is CCOC(=O)N1CCC(C(C)CCc2nn3cc(-c4ccc(S(C)(=O)=O)cc4F)nc3s2)CC1. The first kappa shape index (κ1) is 24.6. The summed E-state index contributed by atoms with van der Waals surface area (Å²) in [6, 6.07) is 3.85. The van der Waals surface area contributed by atoms with Crippen LogP contribution in [-0.2, 0) is 21.0 Å². The molecule has 0 N–H and O–H groups in total. The molecule has 3 heterocycles. The lowest BCUT2D eigenvalue weighted by Crippen LogP contribution is -2.40. The molecule has 1 fully saturated rings. The topological polar surface area (TPSA) is 93.9 Å². The van der Waals surface area contributed by atoms with Gasteiger partial charge in [0.2, 0.25) is 4.96 Å². The zero-order chi connectivity index (χ0) is 24.5. The summed E-state index contributed by atoms with van der Waals surface area (Å²) in [5, 5.41) is 5.57. The molecule has 1 saturated heterocycles. The minimum Gasteiger partial charge on any atom is -0.450 e. The van der Waals surface area contributed by atoms with E-state index in [0.717, 1.165) is 56.1 Å². The summed E-state index contributed by atoms with van der Waals surface area (Å²) < 4.78 is 44.5. The van der Waals surface area contributed by atoms with Crippen molar-refractivity contribution in [2.75, 3.05) is 26.0 Å². The number of amides is 1. The summed E-state index contributed by atoms with van der Waals surface area (Å²) in [5.74, 6) is 0.453. The first-order valence-corrected chi connectivity index (χ1v) is 14.1. The van der Waals surface area contributed by atoms with Crippen LogP contribution in [0.3, 0.4) is 0 Å². The zero-order valence-electron chi connectivity index (χ0n) is 19.5.